The van der Waals surface area contributed by atoms with E-state index in [1.807, 2.05) is 6.07 Å². The van der Waals surface area contributed by atoms with Gasteiger partial charge in [-0.15, -0.1) is 24.0 Å². The number of furan rings is 1. The predicted octanol–water partition coefficient (Wildman–Crippen LogP) is 3.39. The molecule has 0 saturated carbocycles. The van der Waals surface area contributed by atoms with Gasteiger partial charge in [-0.1, -0.05) is 13.3 Å². The topological polar surface area (TPSA) is 52.8 Å². The van der Waals surface area contributed by atoms with Gasteiger partial charge >= 0.3 is 0 Å². The van der Waals surface area contributed by atoms with Crippen LogP contribution >= 0.6 is 24.0 Å². The van der Waals surface area contributed by atoms with E-state index in [1.54, 1.807) is 6.26 Å². The monoisotopic (exact) mass is 434 g/mol. The van der Waals surface area contributed by atoms with Crippen molar-refractivity contribution in [3.8, 4) is 0 Å². The second kappa shape index (κ2) is 11.7. The van der Waals surface area contributed by atoms with Gasteiger partial charge in [0.15, 0.2) is 5.96 Å². The fraction of sp³-hybridized carbons (Fsp3) is 0.706. The summed E-state index contributed by atoms with van der Waals surface area (Å²) in [6, 6.07) is 4.28. The smallest absolute Gasteiger partial charge is 0.191 e. The minimum Gasteiger partial charge on any atom is -0.468 e. The first-order valence-electron chi connectivity index (χ1n) is 8.64. The first-order chi connectivity index (χ1) is 10.8. The summed E-state index contributed by atoms with van der Waals surface area (Å²) in [5.74, 6) is 1.93. The van der Waals surface area contributed by atoms with Crippen molar-refractivity contribution >= 4 is 29.9 Å². The molecule has 0 aromatic carbocycles. The van der Waals surface area contributed by atoms with Gasteiger partial charge in [0, 0.05) is 13.1 Å². The van der Waals surface area contributed by atoms with Crippen LogP contribution in [0.3, 0.4) is 0 Å². The van der Waals surface area contributed by atoms with Crippen LogP contribution in [0, 0.1) is 0 Å². The number of piperidine rings is 1. The molecule has 132 valence electrons. The Balaban J connectivity index is 0.00000264. The van der Waals surface area contributed by atoms with Crippen molar-refractivity contribution in [1.29, 1.82) is 0 Å². The normalized spacial score (nSPS) is 17.4. The summed E-state index contributed by atoms with van der Waals surface area (Å²) in [4.78, 5) is 7.28. The Morgan fingerprint density at radius 3 is 2.65 bits per heavy atom. The SMILES string of the molecule is CCCNC(=NCC(c1ccco1)N1CCCCC1)NCC.I. The van der Waals surface area contributed by atoms with Crippen LogP contribution in [0.4, 0.5) is 0 Å². The molecule has 1 aliphatic rings. The van der Waals surface area contributed by atoms with Gasteiger partial charge in [-0.2, -0.15) is 0 Å². The highest BCUT2D eigenvalue weighted by atomic mass is 127. The molecule has 2 heterocycles. The number of rotatable bonds is 7. The average molecular weight is 434 g/mol. The average Bonchev–Trinajstić information content (AvgIpc) is 3.08. The second-order valence-electron chi connectivity index (χ2n) is 5.77. The Bertz CT molecular complexity index is 430. The number of aliphatic imine (C=N–C) groups is 1. The Morgan fingerprint density at radius 1 is 1.26 bits per heavy atom. The lowest BCUT2D eigenvalue weighted by atomic mass is 10.1. The van der Waals surface area contributed by atoms with Crippen molar-refractivity contribution in [2.45, 2.75) is 45.6 Å². The predicted molar refractivity (Wildman–Crippen MR) is 107 cm³/mol. The zero-order valence-electron chi connectivity index (χ0n) is 14.4. The maximum atomic E-state index is 5.67. The first kappa shape index (κ1) is 20.3. The molecule has 1 aliphatic heterocycles. The quantitative estimate of drug-likeness (QED) is 0.393. The zero-order chi connectivity index (χ0) is 15.6. The van der Waals surface area contributed by atoms with Gasteiger partial charge < -0.3 is 15.1 Å². The minimum absolute atomic E-state index is 0. The number of hydrogen-bond acceptors (Lipinski definition) is 3. The van der Waals surface area contributed by atoms with Crippen molar-refractivity contribution in [2.75, 3.05) is 32.7 Å². The van der Waals surface area contributed by atoms with E-state index in [2.05, 4.69) is 35.4 Å². The van der Waals surface area contributed by atoms with Crippen LogP contribution < -0.4 is 10.6 Å². The fourth-order valence-corrected chi connectivity index (χ4v) is 2.86. The summed E-state index contributed by atoms with van der Waals surface area (Å²) in [5, 5.41) is 6.67. The third-order valence-corrected chi connectivity index (χ3v) is 4.01. The van der Waals surface area contributed by atoms with E-state index in [4.69, 9.17) is 9.41 Å². The van der Waals surface area contributed by atoms with Crippen LogP contribution in [-0.4, -0.2) is 43.6 Å². The molecule has 0 spiro atoms. The molecule has 0 aliphatic carbocycles. The molecular formula is C17H31IN4O. The van der Waals surface area contributed by atoms with E-state index in [0.29, 0.717) is 0 Å². The zero-order valence-corrected chi connectivity index (χ0v) is 16.7. The number of halogens is 1. The fourth-order valence-electron chi connectivity index (χ4n) is 2.86. The molecule has 2 rings (SSSR count). The van der Waals surface area contributed by atoms with E-state index in [9.17, 15) is 0 Å². The number of nitrogens with one attached hydrogen (secondary N) is 2. The van der Waals surface area contributed by atoms with Crippen LogP contribution in [-0.2, 0) is 0 Å². The molecule has 0 amide bonds. The third-order valence-electron chi connectivity index (χ3n) is 4.01. The highest BCUT2D eigenvalue weighted by Crippen LogP contribution is 2.25. The van der Waals surface area contributed by atoms with Crippen molar-refractivity contribution in [3.63, 3.8) is 0 Å². The van der Waals surface area contributed by atoms with Gasteiger partial charge in [-0.3, -0.25) is 9.89 Å². The van der Waals surface area contributed by atoms with Crippen molar-refractivity contribution in [2.24, 2.45) is 4.99 Å². The van der Waals surface area contributed by atoms with Gasteiger partial charge in [0.05, 0.1) is 18.8 Å². The van der Waals surface area contributed by atoms with Gasteiger partial charge in [0.25, 0.3) is 0 Å². The highest BCUT2D eigenvalue weighted by molar-refractivity contribution is 14.0. The van der Waals surface area contributed by atoms with E-state index in [-0.39, 0.29) is 30.0 Å². The standard InChI is InChI=1S/C17H30N4O.HI/c1-3-10-19-17(18-4-2)20-14-15(16-9-8-13-22-16)21-11-6-5-7-12-21;/h8-9,13,15H,3-7,10-12,14H2,1-2H3,(H2,18,19,20);1H. The molecule has 1 atom stereocenters. The van der Waals surface area contributed by atoms with Crippen LogP contribution in [0.15, 0.2) is 27.8 Å². The molecule has 1 fully saturated rings. The number of hydrogen-bond donors (Lipinski definition) is 2. The Hall–Kier alpha value is -0.760. The second-order valence-corrected chi connectivity index (χ2v) is 5.77. The Kier molecular flexibility index (Phi) is 10.3. The first-order valence-corrected chi connectivity index (χ1v) is 8.64. The van der Waals surface area contributed by atoms with Crippen molar-refractivity contribution in [3.05, 3.63) is 24.2 Å². The number of nitrogens with zero attached hydrogens (tertiary/aromatic N) is 2. The molecular weight excluding hydrogens is 403 g/mol. The van der Waals surface area contributed by atoms with Crippen molar-refractivity contribution in [1.82, 2.24) is 15.5 Å². The molecule has 1 unspecified atom stereocenters. The van der Waals surface area contributed by atoms with Crippen molar-refractivity contribution < 1.29 is 4.42 Å². The molecule has 1 aromatic heterocycles. The van der Waals surface area contributed by atoms with Crippen LogP contribution in [0.2, 0.25) is 0 Å². The summed E-state index contributed by atoms with van der Waals surface area (Å²) >= 11 is 0. The van der Waals surface area contributed by atoms with Crippen LogP contribution in [0.25, 0.3) is 0 Å². The Morgan fingerprint density at radius 2 is 2.04 bits per heavy atom. The largest absolute Gasteiger partial charge is 0.468 e. The molecule has 5 nitrogen and oxygen atoms in total. The van der Waals surface area contributed by atoms with Crippen LogP contribution in [0.5, 0.6) is 0 Å². The maximum absolute atomic E-state index is 5.67. The van der Waals surface area contributed by atoms with E-state index in [0.717, 1.165) is 50.9 Å². The van der Waals surface area contributed by atoms with E-state index >= 15 is 0 Å². The van der Waals surface area contributed by atoms with Gasteiger partial charge in [0.1, 0.15) is 5.76 Å². The molecule has 23 heavy (non-hydrogen) atoms. The third kappa shape index (κ3) is 6.71. The molecule has 0 bridgehead atoms. The summed E-state index contributed by atoms with van der Waals surface area (Å²) in [7, 11) is 0. The summed E-state index contributed by atoms with van der Waals surface area (Å²) < 4.78 is 5.67. The lowest BCUT2D eigenvalue weighted by Gasteiger charge is -2.32. The van der Waals surface area contributed by atoms with Gasteiger partial charge in [0.2, 0.25) is 0 Å². The lowest BCUT2D eigenvalue weighted by molar-refractivity contribution is 0.150. The summed E-state index contributed by atoms with van der Waals surface area (Å²) in [5.41, 5.74) is 0. The molecule has 0 radical (unpaired) electrons. The Labute approximate surface area is 157 Å². The van der Waals surface area contributed by atoms with E-state index < -0.39 is 0 Å². The molecule has 6 heteroatoms. The highest BCUT2D eigenvalue weighted by Gasteiger charge is 2.24. The molecule has 2 N–H and O–H groups in total. The molecule has 1 saturated heterocycles. The van der Waals surface area contributed by atoms with Gasteiger partial charge in [-0.25, -0.2) is 0 Å². The molecule has 1 aromatic rings. The maximum Gasteiger partial charge on any atom is 0.191 e. The van der Waals surface area contributed by atoms with Crippen LogP contribution in [0.1, 0.15) is 51.3 Å². The number of guanidine groups is 1. The summed E-state index contributed by atoms with van der Waals surface area (Å²) in [6.45, 7) is 9.09. The minimum atomic E-state index is 0. The van der Waals surface area contributed by atoms with E-state index in [1.165, 1.54) is 19.3 Å². The van der Waals surface area contributed by atoms with Gasteiger partial charge in [-0.05, 0) is 51.4 Å². The number of likely N-dealkylation sites (tertiary alicyclic amines) is 1. The lowest BCUT2D eigenvalue weighted by Crippen LogP contribution is -2.39. The summed E-state index contributed by atoms with van der Waals surface area (Å²) in [6.07, 6.45) is 6.74.